The number of amides is 3. The molecule has 1 unspecified atom stereocenters. The van der Waals surface area contributed by atoms with Gasteiger partial charge in [0.1, 0.15) is 5.82 Å². The van der Waals surface area contributed by atoms with E-state index in [-0.39, 0.29) is 30.9 Å². The Kier molecular flexibility index (Phi) is 7.08. The fourth-order valence-electron chi connectivity index (χ4n) is 2.40. The monoisotopic (exact) mass is 387 g/mol. The number of aliphatic carboxylic acids is 1. The Morgan fingerprint density at radius 1 is 1.07 bits per heavy atom. The van der Waals surface area contributed by atoms with Crippen LogP contribution in [0, 0.1) is 5.82 Å². The molecular weight excluding hydrogens is 365 g/mol. The highest BCUT2D eigenvalue weighted by Gasteiger charge is 2.14. The summed E-state index contributed by atoms with van der Waals surface area (Å²) in [6.45, 7) is 1.91. The van der Waals surface area contributed by atoms with Crippen LogP contribution in [0.3, 0.4) is 0 Å². The average Bonchev–Trinajstić information content (AvgIpc) is 2.66. The highest BCUT2D eigenvalue weighted by Crippen LogP contribution is 2.17. The number of carboxylic acid groups (broad SMARTS) is 1. The number of hydrogen-bond donors (Lipinski definition) is 3. The van der Waals surface area contributed by atoms with Gasteiger partial charge in [-0.3, -0.25) is 9.59 Å². The normalized spacial score (nSPS) is 11.4. The van der Waals surface area contributed by atoms with Crippen LogP contribution in [0.5, 0.6) is 0 Å². The van der Waals surface area contributed by atoms with Gasteiger partial charge in [-0.05, 0) is 48.9 Å². The first-order valence-corrected chi connectivity index (χ1v) is 8.66. The molecule has 2 aromatic carbocycles. The molecule has 3 amide bonds. The van der Waals surface area contributed by atoms with Crippen molar-refractivity contribution in [2.75, 3.05) is 18.9 Å². The lowest BCUT2D eigenvalue weighted by molar-refractivity contribution is -0.137. The molecule has 0 aliphatic carbocycles. The molecular formula is C20H22FN3O4. The second-order valence-electron chi connectivity index (χ2n) is 6.32. The maximum absolute atomic E-state index is 12.9. The zero-order valence-corrected chi connectivity index (χ0v) is 15.6. The van der Waals surface area contributed by atoms with Gasteiger partial charge >= 0.3 is 12.0 Å². The van der Waals surface area contributed by atoms with Crippen molar-refractivity contribution in [3.8, 4) is 0 Å². The molecule has 2 rings (SSSR count). The number of nitrogens with one attached hydrogen (secondary N) is 2. The molecule has 0 saturated carbocycles. The number of carbonyl (C=O) groups excluding carboxylic acids is 2. The van der Waals surface area contributed by atoms with Crippen LogP contribution in [-0.2, 0) is 4.79 Å². The molecule has 0 aliphatic heterocycles. The van der Waals surface area contributed by atoms with Crippen molar-refractivity contribution in [1.29, 1.82) is 0 Å². The predicted octanol–water partition coefficient (Wildman–Crippen LogP) is 3.26. The summed E-state index contributed by atoms with van der Waals surface area (Å²) in [6, 6.07) is 11.5. The Hall–Kier alpha value is -3.42. The maximum atomic E-state index is 12.9. The number of carboxylic acids is 1. The molecule has 7 nitrogen and oxygen atoms in total. The molecule has 0 aliphatic rings. The molecule has 148 valence electrons. The second-order valence-corrected chi connectivity index (χ2v) is 6.32. The first-order chi connectivity index (χ1) is 13.3. The Labute approximate surface area is 162 Å². The molecule has 2 aromatic rings. The van der Waals surface area contributed by atoms with E-state index in [2.05, 4.69) is 10.6 Å². The molecule has 0 spiro atoms. The molecule has 0 radical (unpaired) electrons. The standard InChI is InChI=1S/C20H22FN3O4/c1-13(22-20(28)24(2)12-11-18(25)26)14-5-9-17(10-6-14)23-19(27)15-3-7-16(21)8-4-15/h3-10,13H,11-12H2,1-2H3,(H,22,28)(H,23,27)(H,25,26). The van der Waals surface area contributed by atoms with Crippen LogP contribution in [0.25, 0.3) is 0 Å². The van der Waals surface area contributed by atoms with E-state index >= 15 is 0 Å². The van der Waals surface area contributed by atoms with Gasteiger partial charge in [-0.1, -0.05) is 12.1 Å². The molecule has 0 saturated heterocycles. The Morgan fingerprint density at radius 3 is 2.25 bits per heavy atom. The molecule has 3 N–H and O–H groups in total. The van der Waals surface area contributed by atoms with Crippen molar-refractivity contribution in [2.45, 2.75) is 19.4 Å². The van der Waals surface area contributed by atoms with E-state index in [1.54, 1.807) is 31.2 Å². The fourth-order valence-corrected chi connectivity index (χ4v) is 2.40. The van der Waals surface area contributed by atoms with Crippen LogP contribution in [0.4, 0.5) is 14.9 Å². The van der Waals surface area contributed by atoms with Gasteiger partial charge in [0.2, 0.25) is 0 Å². The van der Waals surface area contributed by atoms with Crippen LogP contribution in [0.2, 0.25) is 0 Å². The van der Waals surface area contributed by atoms with E-state index in [1.807, 2.05) is 0 Å². The van der Waals surface area contributed by atoms with Crippen molar-refractivity contribution in [3.63, 3.8) is 0 Å². The zero-order chi connectivity index (χ0) is 20.7. The van der Waals surface area contributed by atoms with Crippen molar-refractivity contribution >= 4 is 23.6 Å². The number of hydrogen-bond acceptors (Lipinski definition) is 3. The third-order valence-corrected chi connectivity index (χ3v) is 4.12. The topological polar surface area (TPSA) is 98.7 Å². The van der Waals surface area contributed by atoms with Gasteiger partial charge in [-0.2, -0.15) is 0 Å². The summed E-state index contributed by atoms with van der Waals surface area (Å²) in [5.41, 5.74) is 1.73. The lowest BCUT2D eigenvalue weighted by atomic mass is 10.1. The molecule has 0 heterocycles. The lowest BCUT2D eigenvalue weighted by Gasteiger charge is -2.21. The van der Waals surface area contributed by atoms with Gasteiger partial charge in [0.05, 0.1) is 12.5 Å². The van der Waals surface area contributed by atoms with E-state index in [9.17, 15) is 18.8 Å². The minimum Gasteiger partial charge on any atom is -0.481 e. The van der Waals surface area contributed by atoms with Crippen LogP contribution in [0.1, 0.15) is 35.3 Å². The minimum absolute atomic E-state index is 0.113. The molecule has 28 heavy (non-hydrogen) atoms. The largest absolute Gasteiger partial charge is 0.481 e. The summed E-state index contributed by atoms with van der Waals surface area (Å²) in [5, 5.41) is 14.2. The first kappa shape index (κ1) is 20.9. The van der Waals surface area contributed by atoms with Crippen molar-refractivity contribution in [2.24, 2.45) is 0 Å². The molecule has 0 bridgehead atoms. The number of anilines is 1. The summed E-state index contributed by atoms with van der Waals surface area (Å²) in [5.74, 6) is -1.73. The van der Waals surface area contributed by atoms with Gasteiger partial charge < -0.3 is 20.6 Å². The maximum Gasteiger partial charge on any atom is 0.317 e. The minimum atomic E-state index is -0.967. The third kappa shape index (κ3) is 6.08. The smallest absolute Gasteiger partial charge is 0.317 e. The average molecular weight is 387 g/mol. The van der Waals surface area contributed by atoms with Crippen LogP contribution < -0.4 is 10.6 Å². The van der Waals surface area contributed by atoms with E-state index in [4.69, 9.17) is 5.11 Å². The number of rotatable bonds is 7. The van der Waals surface area contributed by atoms with Crippen molar-refractivity contribution in [3.05, 3.63) is 65.5 Å². The molecule has 0 fully saturated rings. The summed E-state index contributed by atoms with van der Waals surface area (Å²) in [4.78, 5) is 36.1. The second kappa shape index (κ2) is 9.50. The number of carbonyl (C=O) groups is 3. The molecule has 1 atom stereocenters. The van der Waals surface area contributed by atoms with Gasteiger partial charge in [0.15, 0.2) is 0 Å². The Balaban J connectivity index is 1.92. The van der Waals surface area contributed by atoms with Gasteiger partial charge in [0.25, 0.3) is 5.91 Å². The summed E-state index contributed by atoms with van der Waals surface area (Å²) >= 11 is 0. The van der Waals surface area contributed by atoms with E-state index < -0.39 is 11.8 Å². The molecule has 8 heteroatoms. The fraction of sp³-hybridized carbons (Fsp3) is 0.250. The van der Waals surface area contributed by atoms with E-state index in [1.165, 1.54) is 36.2 Å². The number of urea groups is 1. The summed E-state index contributed by atoms with van der Waals surface area (Å²) < 4.78 is 12.9. The molecule has 0 aromatic heterocycles. The van der Waals surface area contributed by atoms with Crippen molar-refractivity contribution < 1.29 is 23.9 Å². The lowest BCUT2D eigenvalue weighted by Crippen LogP contribution is -2.39. The van der Waals surface area contributed by atoms with Crippen molar-refractivity contribution in [1.82, 2.24) is 10.2 Å². The number of benzene rings is 2. The summed E-state index contributed by atoms with van der Waals surface area (Å²) in [7, 11) is 1.53. The highest BCUT2D eigenvalue weighted by atomic mass is 19.1. The Morgan fingerprint density at radius 2 is 1.68 bits per heavy atom. The van der Waals surface area contributed by atoms with Crippen LogP contribution in [0.15, 0.2) is 48.5 Å². The highest BCUT2D eigenvalue weighted by molar-refractivity contribution is 6.04. The van der Waals surface area contributed by atoms with Gasteiger partial charge in [-0.15, -0.1) is 0 Å². The third-order valence-electron chi connectivity index (χ3n) is 4.12. The van der Waals surface area contributed by atoms with Gasteiger partial charge in [0, 0.05) is 24.8 Å². The quantitative estimate of drug-likeness (QED) is 0.679. The van der Waals surface area contributed by atoms with Crippen LogP contribution >= 0.6 is 0 Å². The van der Waals surface area contributed by atoms with Gasteiger partial charge in [-0.25, -0.2) is 9.18 Å². The zero-order valence-electron chi connectivity index (χ0n) is 15.6. The predicted molar refractivity (Wildman–Crippen MR) is 103 cm³/mol. The van der Waals surface area contributed by atoms with Crippen LogP contribution in [-0.4, -0.2) is 41.5 Å². The SMILES string of the molecule is CC(NC(=O)N(C)CCC(=O)O)c1ccc(NC(=O)c2ccc(F)cc2)cc1. The number of halogens is 1. The van der Waals surface area contributed by atoms with E-state index in [0.717, 1.165) is 5.56 Å². The van der Waals surface area contributed by atoms with E-state index in [0.29, 0.717) is 11.3 Å². The Bertz CT molecular complexity index is 838. The number of nitrogens with zero attached hydrogens (tertiary/aromatic N) is 1. The summed E-state index contributed by atoms with van der Waals surface area (Å²) in [6.07, 6.45) is -0.124. The first-order valence-electron chi connectivity index (χ1n) is 8.66.